The molecule has 0 saturated carbocycles. The molecular formula is C15H18N4O3S. The van der Waals surface area contributed by atoms with Gasteiger partial charge in [0.1, 0.15) is 5.75 Å². The maximum absolute atomic E-state index is 11.7. The molecular weight excluding hydrogens is 316 g/mol. The SMILES string of the molecule is COc1ccc(NC(=O)NCCC(=O)Nc2nc(C)cs2)cc1. The molecule has 3 N–H and O–H groups in total. The monoisotopic (exact) mass is 334 g/mol. The van der Waals surface area contributed by atoms with Gasteiger partial charge in [0.05, 0.1) is 12.8 Å². The van der Waals surface area contributed by atoms with E-state index in [-0.39, 0.29) is 24.9 Å². The van der Waals surface area contributed by atoms with Gasteiger partial charge in [-0.2, -0.15) is 0 Å². The molecule has 1 aromatic heterocycles. The highest BCUT2D eigenvalue weighted by atomic mass is 32.1. The minimum Gasteiger partial charge on any atom is -0.497 e. The lowest BCUT2D eigenvalue weighted by atomic mass is 10.3. The summed E-state index contributed by atoms with van der Waals surface area (Å²) in [6.45, 7) is 2.09. The number of nitrogens with one attached hydrogen (secondary N) is 3. The van der Waals surface area contributed by atoms with Gasteiger partial charge in [-0.3, -0.25) is 4.79 Å². The molecule has 3 amide bonds. The van der Waals surface area contributed by atoms with Gasteiger partial charge in [-0.25, -0.2) is 9.78 Å². The largest absolute Gasteiger partial charge is 0.497 e. The van der Waals surface area contributed by atoms with E-state index >= 15 is 0 Å². The van der Waals surface area contributed by atoms with E-state index in [9.17, 15) is 9.59 Å². The van der Waals surface area contributed by atoms with E-state index in [1.807, 2.05) is 12.3 Å². The Morgan fingerprint density at radius 1 is 1.22 bits per heavy atom. The Labute approximate surface area is 138 Å². The van der Waals surface area contributed by atoms with Gasteiger partial charge in [0.15, 0.2) is 5.13 Å². The number of hydrogen-bond donors (Lipinski definition) is 3. The number of methoxy groups -OCH3 is 1. The van der Waals surface area contributed by atoms with Crippen molar-refractivity contribution >= 4 is 34.1 Å². The van der Waals surface area contributed by atoms with Crippen LogP contribution in [0.2, 0.25) is 0 Å². The van der Waals surface area contributed by atoms with E-state index in [2.05, 4.69) is 20.9 Å². The van der Waals surface area contributed by atoms with Crippen LogP contribution in [0.3, 0.4) is 0 Å². The lowest BCUT2D eigenvalue weighted by Crippen LogP contribution is -2.31. The molecule has 0 bridgehead atoms. The minimum absolute atomic E-state index is 0.175. The molecule has 8 heteroatoms. The lowest BCUT2D eigenvalue weighted by molar-refractivity contribution is -0.116. The number of benzene rings is 1. The van der Waals surface area contributed by atoms with E-state index < -0.39 is 0 Å². The first-order chi connectivity index (χ1) is 11.1. The molecule has 0 unspecified atom stereocenters. The van der Waals surface area contributed by atoms with Gasteiger partial charge in [0.2, 0.25) is 5.91 Å². The smallest absolute Gasteiger partial charge is 0.319 e. The minimum atomic E-state index is -0.368. The Kier molecular flexibility index (Phi) is 5.93. The number of amides is 3. The molecule has 0 saturated heterocycles. The Morgan fingerprint density at radius 2 is 1.96 bits per heavy atom. The van der Waals surface area contributed by atoms with Crippen LogP contribution in [0.25, 0.3) is 0 Å². The fourth-order valence-electron chi connectivity index (χ4n) is 1.73. The molecule has 0 spiro atoms. The van der Waals surface area contributed by atoms with Crippen molar-refractivity contribution in [3.63, 3.8) is 0 Å². The third kappa shape index (κ3) is 5.59. The predicted octanol–water partition coefficient (Wildman–Crippen LogP) is 2.61. The van der Waals surface area contributed by atoms with Crippen molar-refractivity contribution in [2.45, 2.75) is 13.3 Å². The predicted molar refractivity (Wildman–Crippen MR) is 90.1 cm³/mol. The van der Waals surface area contributed by atoms with Crippen molar-refractivity contribution in [2.75, 3.05) is 24.3 Å². The summed E-state index contributed by atoms with van der Waals surface area (Å²) in [7, 11) is 1.58. The molecule has 0 atom stereocenters. The van der Waals surface area contributed by atoms with Crippen LogP contribution >= 0.6 is 11.3 Å². The Morgan fingerprint density at radius 3 is 2.57 bits per heavy atom. The molecule has 7 nitrogen and oxygen atoms in total. The van der Waals surface area contributed by atoms with Crippen molar-refractivity contribution in [2.24, 2.45) is 0 Å². The molecule has 2 rings (SSSR count). The van der Waals surface area contributed by atoms with Gasteiger partial charge >= 0.3 is 6.03 Å². The Bertz CT molecular complexity index is 670. The molecule has 23 heavy (non-hydrogen) atoms. The number of rotatable bonds is 6. The van der Waals surface area contributed by atoms with Crippen LogP contribution in [-0.2, 0) is 4.79 Å². The number of thiazole rings is 1. The van der Waals surface area contributed by atoms with E-state index in [0.29, 0.717) is 16.6 Å². The topological polar surface area (TPSA) is 92.4 Å². The maximum Gasteiger partial charge on any atom is 0.319 e. The number of carbonyl (C=O) groups is 2. The molecule has 0 radical (unpaired) electrons. The summed E-state index contributed by atoms with van der Waals surface area (Å²) in [4.78, 5) is 27.6. The second kappa shape index (κ2) is 8.14. The summed E-state index contributed by atoms with van der Waals surface area (Å²) in [6.07, 6.45) is 0.175. The zero-order valence-electron chi connectivity index (χ0n) is 12.9. The average molecular weight is 334 g/mol. The summed E-state index contributed by atoms with van der Waals surface area (Å²) in [5, 5.41) is 10.4. The maximum atomic E-state index is 11.7. The highest BCUT2D eigenvalue weighted by Crippen LogP contribution is 2.15. The highest BCUT2D eigenvalue weighted by Gasteiger charge is 2.07. The van der Waals surface area contributed by atoms with Crippen molar-refractivity contribution in [1.82, 2.24) is 10.3 Å². The number of urea groups is 1. The fraction of sp³-hybridized carbons (Fsp3) is 0.267. The average Bonchev–Trinajstić information content (AvgIpc) is 2.93. The highest BCUT2D eigenvalue weighted by molar-refractivity contribution is 7.13. The quantitative estimate of drug-likeness (QED) is 0.757. The van der Waals surface area contributed by atoms with E-state index in [1.54, 1.807) is 31.4 Å². The molecule has 0 fully saturated rings. The number of aryl methyl sites for hydroxylation is 1. The van der Waals surface area contributed by atoms with Crippen molar-refractivity contribution in [3.05, 3.63) is 35.3 Å². The van der Waals surface area contributed by atoms with Crippen LogP contribution in [0.1, 0.15) is 12.1 Å². The molecule has 1 aromatic carbocycles. The van der Waals surface area contributed by atoms with Crippen LogP contribution in [0.15, 0.2) is 29.6 Å². The molecule has 1 heterocycles. The van der Waals surface area contributed by atoms with Crippen LogP contribution in [-0.4, -0.2) is 30.6 Å². The van der Waals surface area contributed by atoms with Gasteiger partial charge < -0.3 is 20.7 Å². The summed E-state index contributed by atoms with van der Waals surface area (Å²) < 4.78 is 5.04. The van der Waals surface area contributed by atoms with Gasteiger partial charge in [-0.1, -0.05) is 0 Å². The Balaban J connectivity index is 1.68. The van der Waals surface area contributed by atoms with E-state index in [1.165, 1.54) is 11.3 Å². The normalized spacial score (nSPS) is 10.0. The first-order valence-electron chi connectivity index (χ1n) is 6.97. The number of aromatic nitrogens is 1. The number of nitrogens with zero attached hydrogens (tertiary/aromatic N) is 1. The number of anilines is 2. The van der Waals surface area contributed by atoms with Crippen molar-refractivity contribution in [3.8, 4) is 5.75 Å². The number of hydrogen-bond acceptors (Lipinski definition) is 5. The van der Waals surface area contributed by atoms with Gasteiger partial charge in [-0.05, 0) is 31.2 Å². The molecule has 2 aromatic rings. The van der Waals surface area contributed by atoms with Crippen LogP contribution in [0.5, 0.6) is 5.75 Å². The Hall–Kier alpha value is -2.61. The fourth-order valence-corrected chi connectivity index (χ4v) is 2.44. The van der Waals surface area contributed by atoms with Gasteiger partial charge in [-0.15, -0.1) is 11.3 Å². The second-order valence-corrected chi connectivity index (χ2v) is 5.56. The van der Waals surface area contributed by atoms with Gasteiger partial charge in [0.25, 0.3) is 0 Å². The summed E-state index contributed by atoms with van der Waals surface area (Å²) in [5.41, 5.74) is 1.51. The third-order valence-electron chi connectivity index (χ3n) is 2.85. The summed E-state index contributed by atoms with van der Waals surface area (Å²) in [6, 6.07) is 6.59. The summed E-state index contributed by atoms with van der Waals surface area (Å²) in [5.74, 6) is 0.522. The molecule has 0 aliphatic heterocycles. The molecule has 0 aliphatic carbocycles. The number of carbonyl (C=O) groups excluding carboxylic acids is 2. The molecule has 0 aliphatic rings. The van der Waals surface area contributed by atoms with Crippen LogP contribution in [0, 0.1) is 6.92 Å². The van der Waals surface area contributed by atoms with Crippen LogP contribution in [0.4, 0.5) is 15.6 Å². The first-order valence-corrected chi connectivity index (χ1v) is 7.85. The van der Waals surface area contributed by atoms with Crippen molar-refractivity contribution in [1.29, 1.82) is 0 Å². The second-order valence-electron chi connectivity index (χ2n) is 4.70. The first kappa shape index (κ1) is 16.8. The van der Waals surface area contributed by atoms with Gasteiger partial charge in [0, 0.05) is 24.0 Å². The zero-order chi connectivity index (χ0) is 16.7. The van der Waals surface area contributed by atoms with E-state index in [4.69, 9.17) is 4.74 Å². The number of ether oxygens (including phenoxy) is 1. The van der Waals surface area contributed by atoms with E-state index in [0.717, 1.165) is 5.69 Å². The molecule has 122 valence electrons. The van der Waals surface area contributed by atoms with Crippen molar-refractivity contribution < 1.29 is 14.3 Å². The summed E-state index contributed by atoms with van der Waals surface area (Å²) >= 11 is 1.37. The third-order valence-corrected chi connectivity index (χ3v) is 3.73. The zero-order valence-corrected chi connectivity index (χ0v) is 13.7. The van der Waals surface area contributed by atoms with Crippen LogP contribution < -0.4 is 20.7 Å². The standard InChI is InChI=1S/C15H18N4O3S/c1-10-9-23-15(17-10)19-13(20)7-8-16-14(21)18-11-3-5-12(22-2)6-4-11/h3-6,9H,7-8H2,1-2H3,(H2,16,18,21)(H,17,19,20). The lowest BCUT2D eigenvalue weighted by Gasteiger charge is -2.08.